The van der Waals surface area contributed by atoms with Gasteiger partial charge in [0.1, 0.15) is 11.5 Å². The highest BCUT2D eigenvalue weighted by molar-refractivity contribution is 5.95. The zero-order chi connectivity index (χ0) is 16.2. The molecule has 0 bridgehead atoms. The molecule has 3 rings (SSSR count). The Morgan fingerprint density at radius 3 is 2.96 bits per heavy atom. The molecule has 0 fully saturated rings. The van der Waals surface area contributed by atoms with E-state index < -0.39 is 0 Å². The van der Waals surface area contributed by atoms with E-state index in [-0.39, 0.29) is 18.1 Å². The summed E-state index contributed by atoms with van der Waals surface area (Å²) < 4.78 is 5.29. The number of carbonyl (C=O) groups is 1. The highest BCUT2D eigenvalue weighted by Gasteiger charge is 2.21. The first-order valence-corrected chi connectivity index (χ1v) is 7.77. The van der Waals surface area contributed by atoms with Gasteiger partial charge in [0, 0.05) is 18.4 Å². The molecule has 0 saturated carbocycles. The quantitative estimate of drug-likeness (QED) is 0.946. The fourth-order valence-corrected chi connectivity index (χ4v) is 2.96. The van der Waals surface area contributed by atoms with Gasteiger partial charge in [-0.15, -0.1) is 0 Å². The molecule has 1 N–H and O–H groups in total. The molecule has 1 amide bonds. The highest BCUT2D eigenvalue weighted by atomic mass is 16.5. The first kappa shape index (κ1) is 15.3. The average molecular weight is 312 g/mol. The molecule has 1 aromatic heterocycles. The lowest BCUT2D eigenvalue weighted by Gasteiger charge is -2.23. The van der Waals surface area contributed by atoms with Crippen LogP contribution in [0.3, 0.4) is 0 Å². The number of hydrogen-bond donors (Lipinski definition) is 1. The van der Waals surface area contributed by atoms with Crippen LogP contribution in [0.4, 0.5) is 5.69 Å². The minimum Gasteiger partial charge on any atom is -0.506 e. The molecule has 0 atom stereocenters. The number of benzene rings is 1. The summed E-state index contributed by atoms with van der Waals surface area (Å²) in [5.41, 5.74) is 2.82. The molecule has 0 aliphatic carbocycles. The molecule has 2 heterocycles. The molecular weight excluding hydrogens is 292 g/mol. The number of pyridine rings is 1. The summed E-state index contributed by atoms with van der Waals surface area (Å²) in [4.78, 5) is 18.5. The zero-order valence-electron chi connectivity index (χ0n) is 13.2. The van der Waals surface area contributed by atoms with Crippen molar-refractivity contribution in [1.82, 2.24) is 4.98 Å². The molecule has 5 heteroatoms. The Hall–Kier alpha value is -2.56. The third-order valence-corrected chi connectivity index (χ3v) is 4.09. The van der Waals surface area contributed by atoms with Crippen molar-refractivity contribution in [2.75, 3.05) is 18.6 Å². The van der Waals surface area contributed by atoms with Gasteiger partial charge in [0.15, 0.2) is 0 Å². The maximum absolute atomic E-state index is 12.7. The number of hydrogen-bond acceptors (Lipinski definition) is 4. The lowest BCUT2D eigenvalue weighted by atomic mass is 10.1. The number of amides is 1. The summed E-state index contributed by atoms with van der Waals surface area (Å²) in [6.45, 7) is 0.713. The van der Waals surface area contributed by atoms with Gasteiger partial charge in [0.25, 0.3) is 0 Å². The number of aryl methyl sites for hydroxylation is 1. The third kappa shape index (κ3) is 3.44. The zero-order valence-corrected chi connectivity index (χ0v) is 13.2. The van der Waals surface area contributed by atoms with Crippen molar-refractivity contribution in [3.05, 3.63) is 47.8 Å². The standard InChI is InChI=1S/C18H20N2O3/c1-23-16-5-6-17-14(10-16)4-2-3-7-20(17)18(22)9-13-8-15(21)12-19-11-13/h5-6,8,10-12,21H,2-4,7,9H2,1H3. The van der Waals surface area contributed by atoms with Crippen LogP contribution in [-0.2, 0) is 17.6 Å². The van der Waals surface area contributed by atoms with Crippen molar-refractivity contribution in [1.29, 1.82) is 0 Å². The minimum absolute atomic E-state index is 0.0192. The Kier molecular flexibility index (Phi) is 4.46. The molecule has 1 aromatic carbocycles. The van der Waals surface area contributed by atoms with Crippen LogP contribution in [0.2, 0.25) is 0 Å². The smallest absolute Gasteiger partial charge is 0.231 e. The van der Waals surface area contributed by atoms with Gasteiger partial charge in [-0.25, -0.2) is 0 Å². The molecule has 1 aliphatic heterocycles. The Morgan fingerprint density at radius 2 is 2.17 bits per heavy atom. The van der Waals surface area contributed by atoms with Crippen molar-refractivity contribution >= 4 is 11.6 Å². The fourth-order valence-electron chi connectivity index (χ4n) is 2.96. The van der Waals surface area contributed by atoms with Crippen LogP contribution in [0.1, 0.15) is 24.0 Å². The number of carbonyl (C=O) groups excluding carboxylic acids is 1. The highest BCUT2D eigenvalue weighted by Crippen LogP contribution is 2.30. The number of anilines is 1. The lowest BCUT2D eigenvalue weighted by molar-refractivity contribution is -0.118. The largest absolute Gasteiger partial charge is 0.506 e. The summed E-state index contributed by atoms with van der Waals surface area (Å²) in [6, 6.07) is 7.44. The first-order valence-electron chi connectivity index (χ1n) is 7.77. The van der Waals surface area contributed by atoms with Crippen LogP contribution in [-0.4, -0.2) is 29.7 Å². The normalized spacial score (nSPS) is 14.0. The van der Waals surface area contributed by atoms with Crippen molar-refractivity contribution in [2.45, 2.75) is 25.7 Å². The number of fused-ring (bicyclic) bond motifs is 1. The van der Waals surface area contributed by atoms with E-state index >= 15 is 0 Å². The number of aromatic nitrogens is 1. The fraction of sp³-hybridized carbons (Fsp3) is 0.333. The van der Waals surface area contributed by atoms with Gasteiger partial charge in [-0.05, 0) is 54.7 Å². The molecule has 120 valence electrons. The van der Waals surface area contributed by atoms with Crippen molar-refractivity contribution in [3.8, 4) is 11.5 Å². The molecule has 0 saturated heterocycles. The average Bonchev–Trinajstić information content (AvgIpc) is 2.76. The summed E-state index contributed by atoms with van der Waals surface area (Å²) in [7, 11) is 1.65. The summed E-state index contributed by atoms with van der Waals surface area (Å²) >= 11 is 0. The number of rotatable bonds is 3. The summed E-state index contributed by atoms with van der Waals surface area (Å²) in [5, 5.41) is 9.50. The van der Waals surface area contributed by atoms with Gasteiger partial charge >= 0.3 is 0 Å². The Bertz CT molecular complexity index is 715. The Balaban J connectivity index is 1.86. The molecule has 0 spiro atoms. The van der Waals surface area contributed by atoms with Crippen molar-refractivity contribution in [3.63, 3.8) is 0 Å². The van der Waals surface area contributed by atoms with E-state index in [0.717, 1.165) is 36.3 Å². The molecule has 0 radical (unpaired) electrons. The van der Waals surface area contributed by atoms with Crippen LogP contribution in [0.25, 0.3) is 0 Å². The molecule has 1 aliphatic rings. The first-order chi connectivity index (χ1) is 11.2. The number of methoxy groups -OCH3 is 1. The van der Waals surface area contributed by atoms with E-state index in [9.17, 15) is 9.90 Å². The molecular formula is C18H20N2O3. The van der Waals surface area contributed by atoms with Crippen molar-refractivity contribution in [2.24, 2.45) is 0 Å². The Morgan fingerprint density at radius 1 is 1.30 bits per heavy atom. The van der Waals surface area contributed by atoms with Crippen LogP contribution in [0, 0.1) is 0 Å². The second kappa shape index (κ2) is 6.69. The van der Waals surface area contributed by atoms with Gasteiger partial charge in [-0.1, -0.05) is 0 Å². The summed E-state index contributed by atoms with van der Waals surface area (Å²) in [5.74, 6) is 0.914. The van der Waals surface area contributed by atoms with Gasteiger partial charge in [-0.2, -0.15) is 0 Å². The SMILES string of the molecule is COc1ccc2c(c1)CCCCN2C(=O)Cc1cncc(O)c1. The van der Waals surface area contributed by atoms with Crippen LogP contribution in [0.5, 0.6) is 11.5 Å². The van der Waals surface area contributed by atoms with Gasteiger partial charge in [0.2, 0.25) is 5.91 Å². The molecule has 23 heavy (non-hydrogen) atoms. The third-order valence-electron chi connectivity index (χ3n) is 4.09. The van der Waals surface area contributed by atoms with Gasteiger partial charge < -0.3 is 14.7 Å². The topological polar surface area (TPSA) is 62.7 Å². The van der Waals surface area contributed by atoms with E-state index in [2.05, 4.69) is 4.98 Å². The van der Waals surface area contributed by atoms with E-state index in [1.54, 1.807) is 19.4 Å². The maximum Gasteiger partial charge on any atom is 0.231 e. The monoisotopic (exact) mass is 312 g/mol. The summed E-state index contributed by atoms with van der Waals surface area (Å²) in [6.07, 6.45) is 6.18. The number of nitrogens with zero attached hydrogens (tertiary/aromatic N) is 2. The van der Waals surface area contributed by atoms with Gasteiger partial charge in [0.05, 0.1) is 19.7 Å². The van der Waals surface area contributed by atoms with E-state index in [1.807, 2.05) is 23.1 Å². The lowest BCUT2D eigenvalue weighted by Crippen LogP contribution is -2.33. The number of ether oxygens (including phenoxy) is 1. The molecule has 5 nitrogen and oxygen atoms in total. The van der Waals surface area contributed by atoms with E-state index in [1.165, 1.54) is 6.20 Å². The second-order valence-corrected chi connectivity index (χ2v) is 5.73. The maximum atomic E-state index is 12.7. The molecule has 0 unspecified atom stereocenters. The predicted molar refractivity (Wildman–Crippen MR) is 87.9 cm³/mol. The van der Waals surface area contributed by atoms with Crippen LogP contribution < -0.4 is 9.64 Å². The predicted octanol–water partition coefficient (Wildman–Crippen LogP) is 2.71. The van der Waals surface area contributed by atoms with E-state index in [4.69, 9.17) is 4.74 Å². The molecule has 2 aromatic rings. The minimum atomic E-state index is 0.0192. The van der Waals surface area contributed by atoms with Crippen LogP contribution >= 0.6 is 0 Å². The van der Waals surface area contributed by atoms with Crippen LogP contribution in [0.15, 0.2) is 36.7 Å². The second-order valence-electron chi connectivity index (χ2n) is 5.73. The van der Waals surface area contributed by atoms with Gasteiger partial charge in [-0.3, -0.25) is 9.78 Å². The Labute approximate surface area is 135 Å². The number of aromatic hydroxyl groups is 1. The van der Waals surface area contributed by atoms with Crippen molar-refractivity contribution < 1.29 is 14.6 Å². The van der Waals surface area contributed by atoms with E-state index in [0.29, 0.717) is 12.1 Å².